The maximum Gasteiger partial charge on any atom is 0.242 e. The number of fused-ring (bicyclic) bond motifs is 1. The number of hydrogen-bond acceptors (Lipinski definition) is 7. The van der Waals surface area contributed by atoms with Crippen LogP contribution < -0.4 is 4.90 Å². The number of nitrogens with zero attached hydrogens (tertiary/aromatic N) is 5. The number of morpholine rings is 1. The van der Waals surface area contributed by atoms with Gasteiger partial charge in [0.15, 0.2) is 0 Å². The number of amides is 1. The minimum absolute atomic E-state index is 0.204. The molecule has 0 unspecified atom stereocenters. The molecule has 0 aliphatic carbocycles. The van der Waals surface area contributed by atoms with E-state index < -0.39 is 0 Å². The molecule has 2 aromatic heterocycles. The van der Waals surface area contributed by atoms with E-state index in [1.807, 2.05) is 4.90 Å². The Hall–Kier alpha value is -1.77. The van der Waals surface area contributed by atoms with Gasteiger partial charge in [0.1, 0.15) is 16.5 Å². The molecule has 7 nitrogen and oxygen atoms in total. The largest absolute Gasteiger partial charge is 0.379 e. The van der Waals surface area contributed by atoms with Gasteiger partial charge in [-0.3, -0.25) is 9.69 Å². The van der Waals surface area contributed by atoms with Crippen LogP contribution in [-0.4, -0.2) is 78.2 Å². The molecule has 2 aromatic rings. The SMILES string of the molecule is CCCN1CCCN(c2nc(CN3CCOCC3)nc3sc(C)c(C)c23)CC1=O. The first-order valence-electron chi connectivity index (χ1n) is 10.7. The molecule has 8 heteroatoms. The predicted octanol–water partition coefficient (Wildman–Crippen LogP) is 2.59. The first kappa shape index (κ1) is 20.5. The molecule has 2 aliphatic heterocycles. The van der Waals surface area contributed by atoms with E-state index in [2.05, 4.69) is 30.6 Å². The van der Waals surface area contributed by atoms with Gasteiger partial charge in [-0.2, -0.15) is 0 Å². The third-order valence-electron chi connectivity index (χ3n) is 5.85. The van der Waals surface area contributed by atoms with Gasteiger partial charge in [-0.1, -0.05) is 6.92 Å². The van der Waals surface area contributed by atoms with Crippen molar-refractivity contribution < 1.29 is 9.53 Å². The second kappa shape index (κ2) is 8.93. The van der Waals surface area contributed by atoms with E-state index in [9.17, 15) is 4.79 Å². The maximum absolute atomic E-state index is 12.8. The molecule has 0 atom stereocenters. The lowest BCUT2D eigenvalue weighted by Crippen LogP contribution is -2.38. The fourth-order valence-electron chi connectivity index (χ4n) is 4.14. The lowest BCUT2D eigenvalue weighted by atomic mass is 10.2. The maximum atomic E-state index is 12.8. The highest BCUT2D eigenvalue weighted by Crippen LogP contribution is 2.35. The summed E-state index contributed by atoms with van der Waals surface area (Å²) in [5.74, 6) is 1.99. The molecule has 0 spiro atoms. The van der Waals surface area contributed by atoms with Crippen LogP contribution in [0.25, 0.3) is 10.2 Å². The molecule has 0 saturated carbocycles. The molecule has 4 heterocycles. The average molecular weight is 418 g/mol. The van der Waals surface area contributed by atoms with Crippen molar-refractivity contribution in [1.29, 1.82) is 0 Å². The van der Waals surface area contributed by atoms with Crippen molar-refractivity contribution in [3.05, 3.63) is 16.3 Å². The minimum Gasteiger partial charge on any atom is -0.379 e. The molecule has 1 amide bonds. The second-order valence-corrected chi connectivity index (χ2v) is 9.17. The van der Waals surface area contributed by atoms with Crippen LogP contribution in [0.4, 0.5) is 5.82 Å². The summed E-state index contributed by atoms with van der Waals surface area (Å²) in [5, 5.41) is 1.12. The molecular weight excluding hydrogens is 386 g/mol. The van der Waals surface area contributed by atoms with Crippen LogP contribution in [0.3, 0.4) is 0 Å². The Labute approximate surface area is 176 Å². The van der Waals surface area contributed by atoms with Gasteiger partial charge < -0.3 is 14.5 Å². The number of anilines is 1. The Morgan fingerprint density at radius 2 is 1.90 bits per heavy atom. The summed E-state index contributed by atoms with van der Waals surface area (Å²) in [4.78, 5) is 31.6. The first-order valence-corrected chi connectivity index (χ1v) is 11.5. The van der Waals surface area contributed by atoms with Gasteiger partial charge in [-0.05, 0) is 32.3 Å². The summed E-state index contributed by atoms with van der Waals surface area (Å²) in [5.41, 5.74) is 1.24. The molecule has 0 bridgehead atoms. The Bertz CT molecular complexity index is 878. The Balaban J connectivity index is 1.68. The van der Waals surface area contributed by atoms with Gasteiger partial charge in [-0.25, -0.2) is 9.97 Å². The van der Waals surface area contributed by atoms with Crippen molar-refractivity contribution in [2.45, 2.75) is 40.2 Å². The lowest BCUT2D eigenvalue weighted by molar-refractivity contribution is -0.129. The van der Waals surface area contributed by atoms with E-state index in [1.54, 1.807) is 11.3 Å². The van der Waals surface area contributed by atoms with Crippen LogP contribution in [0.2, 0.25) is 0 Å². The Kier molecular flexibility index (Phi) is 6.32. The fourth-order valence-corrected chi connectivity index (χ4v) is 5.18. The zero-order valence-corrected chi connectivity index (χ0v) is 18.6. The normalized spacial score (nSPS) is 19.2. The Morgan fingerprint density at radius 3 is 2.66 bits per heavy atom. The van der Waals surface area contributed by atoms with Crippen LogP contribution in [0.1, 0.15) is 36.0 Å². The molecule has 158 valence electrons. The summed E-state index contributed by atoms with van der Waals surface area (Å²) in [6.45, 7) is 13.4. The van der Waals surface area contributed by atoms with Gasteiger partial charge in [0, 0.05) is 37.6 Å². The number of aryl methyl sites for hydroxylation is 2. The van der Waals surface area contributed by atoms with Crippen LogP contribution in [-0.2, 0) is 16.1 Å². The van der Waals surface area contributed by atoms with Gasteiger partial charge in [0.25, 0.3) is 0 Å². The zero-order valence-electron chi connectivity index (χ0n) is 17.7. The smallest absolute Gasteiger partial charge is 0.242 e. The topological polar surface area (TPSA) is 61.8 Å². The number of thiophene rings is 1. The lowest BCUT2D eigenvalue weighted by Gasteiger charge is -2.27. The number of aromatic nitrogens is 2. The number of hydrogen-bond donors (Lipinski definition) is 0. The van der Waals surface area contributed by atoms with E-state index in [1.165, 1.54) is 10.4 Å². The summed E-state index contributed by atoms with van der Waals surface area (Å²) >= 11 is 1.73. The van der Waals surface area contributed by atoms with Crippen molar-refractivity contribution in [2.24, 2.45) is 0 Å². The summed E-state index contributed by atoms with van der Waals surface area (Å²) in [6, 6.07) is 0. The third-order valence-corrected chi connectivity index (χ3v) is 6.95. The highest BCUT2D eigenvalue weighted by atomic mass is 32.1. The monoisotopic (exact) mass is 417 g/mol. The molecule has 0 N–H and O–H groups in total. The van der Waals surface area contributed by atoms with Crippen LogP contribution in [0.15, 0.2) is 0 Å². The van der Waals surface area contributed by atoms with Crippen molar-refractivity contribution in [3.63, 3.8) is 0 Å². The average Bonchev–Trinajstić information content (AvgIpc) is 2.87. The number of carbonyl (C=O) groups is 1. The number of ether oxygens (including phenoxy) is 1. The molecule has 4 rings (SSSR count). The molecule has 2 fully saturated rings. The van der Waals surface area contributed by atoms with Crippen LogP contribution in [0, 0.1) is 13.8 Å². The van der Waals surface area contributed by atoms with Crippen molar-refractivity contribution in [2.75, 3.05) is 57.4 Å². The van der Waals surface area contributed by atoms with Crippen LogP contribution >= 0.6 is 11.3 Å². The molecule has 29 heavy (non-hydrogen) atoms. The van der Waals surface area contributed by atoms with Crippen molar-refractivity contribution in [1.82, 2.24) is 19.8 Å². The summed E-state index contributed by atoms with van der Waals surface area (Å²) in [7, 11) is 0. The van der Waals surface area contributed by atoms with Crippen molar-refractivity contribution in [3.8, 4) is 0 Å². The van der Waals surface area contributed by atoms with Gasteiger partial charge in [-0.15, -0.1) is 11.3 Å². The second-order valence-electron chi connectivity index (χ2n) is 7.97. The van der Waals surface area contributed by atoms with E-state index in [-0.39, 0.29) is 5.91 Å². The summed E-state index contributed by atoms with van der Waals surface area (Å²) < 4.78 is 5.47. The molecule has 0 aromatic carbocycles. The van der Waals surface area contributed by atoms with E-state index in [0.717, 1.165) is 87.2 Å². The number of rotatable bonds is 5. The molecule has 0 radical (unpaired) electrons. The van der Waals surface area contributed by atoms with E-state index >= 15 is 0 Å². The summed E-state index contributed by atoms with van der Waals surface area (Å²) in [6.07, 6.45) is 1.97. The third kappa shape index (κ3) is 4.39. The molecule has 2 saturated heterocycles. The van der Waals surface area contributed by atoms with Gasteiger partial charge in [0.05, 0.1) is 31.7 Å². The van der Waals surface area contributed by atoms with Gasteiger partial charge in [0.2, 0.25) is 5.91 Å². The highest BCUT2D eigenvalue weighted by Gasteiger charge is 2.26. The fraction of sp³-hybridized carbons (Fsp3) is 0.667. The zero-order chi connectivity index (χ0) is 20.4. The van der Waals surface area contributed by atoms with Crippen LogP contribution in [0.5, 0.6) is 0 Å². The number of carbonyl (C=O) groups excluding carboxylic acids is 1. The highest BCUT2D eigenvalue weighted by molar-refractivity contribution is 7.18. The van der Waals surface area contributed by atoms with Crippen molar-refractivity contribution >= 4 is 33.3 Å². The standard InChI is InChI=1S/C21H31N5O2S/c1-4-6-25-7-5-8-26(14-18(25)27)20-19-15(2)16(3)29-21(19)23-17(22-20)13-24-9-11-28-12-10-24/h4-14H2,1-3H3. The van der Waals surface area contributed by atoms with E-state index in [4.69, 9.17) is 14.7 Å². The molecular formula is C21H31N5O2S. The quantitative estimate of drug-likeness (QED) is 0.745. The Morgan fingerprint density at radius 1 is 1.10 bits per heavy atom. The predicted molar refractivity (Wildman–Crippen MR) is 117 cm³/mol. The van der Waals surface area contributed by atoms with Gasteiger partial charge >= 0.3 is 0 Å². The molecule has 2 aliphatic rings. The van der Waals surface area contributed by atoms with E-state index in [0.29, 0.717) is 6.54 Å². The first-order chi connectivity index (χ1) is 14.1. The minimum atomic E-state index is 0.204.